The Kier molecular flexibility index (Phi) is 7.54. The number of rotatable bonds is 8. The van der Waals surface area contributed by atoms with Crippen molar-refractivity contribution in [1.82, 2.24) is 14.9 Å². The van der Waals surface area contributed by atoms with Crippen molar-refractivity contribution in [3.8, 4) is 5.88 Å². The molecule has 0 radical (unpaired) electrons. The summed E-state index contributed by atoms with van der Waals surface area (Å²) in [5.41, 5.74) is -0.301. The highest BCUT2D eigenvalue weighted by Crippen LogP contribution is 2.32. The van der Waals surface area contributed by atoms with Gasteiger partial charge in [0.15, 0.2) is 0 Å². The predicted octanol–water partition coefficient (Wildman–Crippen LogP) is 4.71. The van der Waals surface area contributed by atoms with Gasteiger partial charge in [-0.3, -0.25) is 4.98 Å². The molecule has 142 valence electrons. The molecule has 2 rings (SSSR count). The van der Waals surface area contributed by atoms with E-state index < -0.39 is 11.9 Å². The number of aromatic nitrogens is 2. The van der Waals surface area contributed by atoms with Crippen molar-refractivity contribution in [2.45, 2.75) is 17.5 Å². The fourth-order valence-corrected chi connectivity index (χ4v) is 2.83. The highest BCUT2D eigenvalue weighted by atomic mass is 79.9. The van der Waals surface area contributed by atoms with E-state index >= 15 is 0 Å². The monoisotopic (exact) mass is 450 g/mol. The molecule has 0 atom stereocenters. The third kappa shape index (κ3) is 6.65. The van der Waals surface area contributed by atoms with Gasteiger partial charge in [0.2, 0.25) is 5.88 Å². The fourth-order valence-electron chi connectivity index (χ4n) is 1.89. The van der Waals surface area contributed by atoms with Gasteiger partial charge in [-0.05, 0) is 66.6 Å². The Morgan fingerprint density at radius 2 is 2.00 bits per heavy atom. The van der Waals surface area contributed by atoms with Gasteiger partial charge in [0, 0.05) is 28.3 Å². The van der Waals surface area contributed by atoms with Crippen LogP contribution in [0.2, 0.25) is 0 Å². The van der Waals surface area contributed by atoms with Crippen LogP contribution in [-0.4, -0.2) is 42.1 Å². The molecule has 0 saturated carbocycles. The SMILES string of the molecule is CN(C)CCCOc1ncc(Br)cc1NSc1ccc(C(F)(F)F)nc1. The van der Waals surface area contributed by atoms with Crippen molar-refractivity contribution in [1.29, 1.82) is 0 Å². The smallest absolute Gasteiger partial charge is 0.433 e. The molecule has 0 bridgehead atoms. The van der Waals surface area contributed by atoms with E-state index in [1.807, 2.05) is 14.1 Å². The van der Waals surface area contributed by atoms with E-state index in [4.69, 9.17) is 4.74 Å². The molecule has 0 saturated heterocycles. The predicted molar refractivity (Wildman–Crippen MR) is 99.3 cm³/mol. The largest absolute Gasteiger partial charge is 0.476 e. The van der Waals surface area contributed by atoms with Gasteiger partial charge in [0.1, 0.15) is 11.4 Å². The lowest BCUT2D eigenvalue weighted by atomic mass is 10.3. The van der Waals surface area contributed by atoms with Crippen molar-refractivity contribution >= 4 is 33.6 Å². The maximum Gasteiger partial charge on any atom is 0.433 e. The van der Waals surface area contributed by atoms with Crippen molar-refractivity contribution < 1.29 is 17.9 Å². The lowest BCUT2D eigenvalue weighted by Gasteiger charge is -2.13. The molecule has 0 spiro atoms. The zero-order chi connectivity index (χ0) is 19.2. The number of hydrogen-bond donors (Lipinski definition) is 1. The summed E-state index contributed by atoms with van der Waals surface area (Å²) in [5, 5.41) is 0. The molecule has 0 aliphatic rings. The maximum atomic E-state index is 12.5. The van der Waals surface area contributed by atoms with Crippen LogP contribution < -0.4 is 9.46 Å². The van der Waals surface area contributed by atoms with Gasteiger partial charge >= 0.3 is 6.18 Å². The zero-order valence-electron chi connectivity index (χ0n) is 14.2. The standard InChI is InChI=1S/C16H18BrF3N4OS/c1-24(2)6-3-7-25-15-13(8-11(17)9-22-15)23-26-12-4-5-14(21-10-12)16(18,19)20/h4-5,8-10,23H,3,6-7H2,1-2H3. The summed E-state index contributed by atoms with van der Waals surface area (Å²) in [6.45, 7) is 1.40. The minimum absolute atomic E-state index is 0.430. The second-order valence-electron chi connectivity index (χ2n) is 5.59. The number of alkyl halides is 3. The topological polar surface area (TPSA) is 50.3 Å². The molecule has 5 nitrogen and oxygen atoms in total. The number of pyridine rings is 2. The molecule has 0 aromatic carbocycles. The number of ether oxygens (including phenoxy) is 1. The third-order valence-corrected chi connectivity index (χ3v) is 4.34. The Morgan fingerprint density at radius 3 is 2.62 bits per heavy atom. The van der Waals surface area contributed by atoms with Crippen LogP contribution in [-0.2, 0) is 6.18 Å². The molecule has 0 amide bonds. The highest BCUT2D eigenvalue weighted by Gasteiger charge is 2.32. The van der Waals surface area contributed by atoms with Gasteiger partial charge in [0.25, 0.3) is 0 Å². The highest BCUT2D eigenvalue weighted by molar-refractivity contribution is 9.10. The van der Waals surface area contributed by atoms with Crippen LogP contribution in [0.3, 0.4) is 0 Å². The Bertz CT molecular complexity index is 714. The molecule has 0 aliphatic carbocycles. The van der Waals surface area contributed by atoms with Crippen molar-refractivity contribution in [3.63, 3.8) is 0 Å². The number of nitrogens with zero attached hydrogens (tertiary/aromatic N) is 3. The molecule has 10 heteroatoms. The Hall–Kier alpha value is -1.52. The molecule has 1 N–H and O–H groups in total. The molecule has 2 aromatic heterocycles. The van der Waals surface area contributed by atoms with E-state index in [0.717, 1.165) is 35.5 Å². The van der Waals surface area contributed by atoms with Gasteiger partial charge in [-0.15, -0.1) is 0 Å². The normalized spacial score (nSPS) is 11.7. The zero-order valence-corrected chi connectivity index (χ0v) is 16.6. The first-order valence-corrected chi connectivity index (χ1v) is 9.26. The molecular formula is C16H18BrF3N4OS. The van der Waals surface area contributed by atoms with Crippen LogP contribution in [0.1, 0.15) is 12.1 Å². The number of halogens is 4. The van der Waals surface area contributed by atoms with Crippen LogP contribution in [0.5, 0.6) is 5.88 Å². The summed E-state index contributed by atoms with van der Waals surface area (Å²) in [4.78, 5) is 10.3. The lowest BCUT2D eigenvalue weighted by Crippen LogP contribution is -2.15. The van der Waals surface area contributed by atoms with Crippen LogP contribution >= 0.6 is 27.9 Å². The Morgan fingerprint density at radius 1 is 1.23 bits per heavy atom. The van der Waals surface area contributed by atoms with E-state index in [1.54, 1.807) is 12.3 Å². The molecular weight excluding hydrogens is 433 g/mol. The molecule has 0 unspecified atom stereocenters. The van der Waals surface area contributed by atoms with Crippen LogP contribution in [0, 0.1) is 0 Å². The fraction of sp³-hybridized carbons (Fsp3) is 0.375. The summed E-state index contributed by atoms with van der Waals surface area (Å²) in [6, 6.07) is 4.09. The lowest BCUT2D eigenvalue weighted by molar-refractivity contribution is -0.141. The Balaban J connectivity index is 1.98. The van der Waals surface area contributed by atoms with Crippen LogP contribution in [0.4, 0.5) is 18.9 Å². The molecule has 0 aliphatic heterocycles. The number of nitrogens with one attached hydrogen (secondary N) is 1. The summed E-state index contributed by atoms with van der Waals surface area (Å²) in [5.74, 6) is 0.430. The summed E-state index contributed by atoms with van der Waals surface area (Å²) >= 11 is 4.47. The van der Waals surface area contributed by atoms with E-state index in [-0.39, 0.29) is 0 Å². The van der Waals surface area contributed by atoms with Gasteiger partial charge in [-0.1, -0.05) is 0 Å². The van der Waals surface area contributed by atoms with E-state index in [2.05, 4.69) is 35.5 Å². The number of hydrogen-bond acceptors (Lipinski definition) is 6. The van der Waals surface area contributed by atoms with Gasteiger partial charge in [0.05, 0.1) is 6.61 Å². The molecule has 26 heavy (non-hydrogen) atoms. The van der Waals surface area contributed by atoms with Crippen LogP contribution in [0.15, 0.2) is 40.0 Å². The maximum absolute atomic E-state index is 12.5. The second-order valence-corrected chi connectivity index (χ2v) is 7.39. The number of anilines is 1. The molecule has 2 aromatic rings. The first kappa shape index (κ1) is 20.8. The average molecular weight is 451 g/mol. The summed E-state index contributed by atoms with van der Waals surface area (Å²) in [6.07, 6.45) is -0.807. The van der Waals surface area contributed by atoms with Gasteiger partial charge in [-0.25, -0.2) is 4.98 Å². The van der Waals surface area contributed by atoms with Crippen molar-refractivity contribution in [2.24, 2.45) is 0 Å². The quantitative estimate of drug-likeness (QED) is 0.464. The van der Waals surface area contributed by atoms with E-state index in [0.29, 0.717) is 23.1 Å². The average Bonchev–Trinajstić information content (AvgIpc) is 2.57. The minimum Gasteiger partial charge on any atom is -0.476 e. The first-order chi connectivity index (χ1) is 12.3. The summed E-state index contributed by atoms with van der Waals surface area (Å²) in [7, 11) is 3.97. The molecule has 0 fully saturated rings. The van der Waals surface area contributed by atoms with E-state index in [9.17, 15) is 13.2 Å². The first-order valence-electron chi connectivity index (χ1n) is 7.65. The third-order valence-electron chi connectivity index (χ3n) is 3.11. The van der Waals surface area contributed by atoms with Crippen LogP contribution in [0.25, 0.3) is 0 Å². The summed E-state index contributed by atoms with van der Waals surface area (Å²) < 4.78 is 47.1. The van der Waals surface area contributed by atoms with Gasteiger partial charge in [-0.2, -0.15) is 13.2 Å². The Labute approximate surface area is 162 Å². The minimum atomic E-state index is -4.45. The van der Waals surface area contributed by atoms with Gasteiger partial charge < -0.3 is 14.4 Å². The molecule has 2 heterocycles. The van der Waals surface area contributed by atoms with E-state index in [1.165, 1.54) is 12.3 Å². The van der Waals surface area contributed by atoms with Crippen molar-refractivity contribution in [3.05, 3.63) is 40.8 Å². The second kappa shape index (κ2) is 9.43. The van der Waals surface area contributed by atoms with Crippen molar-refractivity contribution in [2.75, 3.05) is 32.0 Å².